The van der Waals surface area contributed by atoms with E-state index in [1.165, 1.54) is 0 Å². The summed E-state index contributed by atoms with van der Waals surface area (Å²) in [5, 5.41) is 0. The highest BCUT2D eigenvalue weighted by Gasteiger charge is 2.63. The van der Waals surface area contributed by atoms with Crippen LogP contribution >= 0.6 is 0 Å². The van der Waals surface area contributed by atoms with Crippen molar-refractivity contribution in [3.63, 3.8) is 0 Å². The Morgan fingerprint density at radius 1 is 0.926 bits per heavy atom. The van der Waals surface area contributed by atoms with Crippen molar-refractivity contribution in [2.75, 3.05) is 6.61 Å². The van der Waals surface area contributed by atoms with E-state index in [-0.39, 0.29) is 42.9 Å². The van der Waals surface area contributed by atoms with Gasteiger partial charge in [0.25, 0.3) is 0 Å². The molecule has 4 heterocycles. The molecule has 0 saturated carbocycles. The third-order valence-electron chi connectivity index (χ3n) is 6.54. The molecule has 10 atom stereocenters. The Hall–Kier alpha value is -1.02. The molecule has 0 aliphatic carbocycles. The van der Waals surface area contributed by atoms with Gasteiger partial charge < -0.3 is 28.4 Å². The third-order valence-corrected chi connectivity index (χ3v) is 6.54. The van der Waals surface area contributed by atoms with Gasteiger partial charge in [-0.1, -0.05) is 44.2 Å². The van der Waals surface area contributed by atoms with E-state index in [1.54, 1.807) is 0 Å². The van der Waals surface area contributed by atoms with E-state index in [0.717, 1.165) is 5.56 Å². The normalized spacial score (nSPS) is 48.3. The highest BCUT2D eigenvalue weighted by Crippen LogP contribution is 2.44. The lowest BCUT2D eigenvalue weighted by Crippen LogP contribution is -2.54. The van der Waals surface area contributed by atoms with Gasteiger partial charge in [-0.2, -0.15) is 0 Å². The second-order valence-corrected chi connectivity index (χ2v) is 8.23. The number of hydrogen-bond donors (Lipinski definition) is 0. The van der Waals surface area contributed by atoms with Crippen molar-refractivity contribution < 1.29 is 28.4 Å². The smallest absolute Gasteiger partial charge is 0.187 e. The molecule has 4 unspecified atom stereocenters. The first kappa shape index (κ1) is 18.0. The Kier molecular flexibility index (Phi) is 4.74. The van der Waals surface area contributed by atoms with Crippen LogP contribution in [0.25, 0.3) is 0 Å². The van der Waals surface area contributed by atoms with Gasteiger partial charge in [-0.3, -0.25) is 0 Å². The van der Waals surface area contributed by atoms with Crippen LogP contribution in [-0.4, -0.2) is 55.8 Å². The Morgan fingerprint density at radius 2 is 1.74 bits per heavy atom. The molecular formula is C21H28O6. The second kappa shape index (κ2) is 7.10. The van der Waals surface area contributed by atoms with E-state index in [1.807, 2.05) is 18.2 Å². The van der Waals surface area contributed by atoms with Gasteiger partial charge in [0.15, 0.2) is 12.6 Å². The van der Waals surface area contributed by atoms with Crippen LogP contribution in [0.4, 0.5) is 0 Å². The van der Waals surface area contributed by atoms with Crippen molar-refractivity contribution in [1.29, 1.82) is 0 Å². The molecule has 27 heavy (non-hydrogen) atoms. The largest absolute Gasteiger partial charge is 0.368 e. The molecule has 0 aromatic heterocycles. The van der Waals surface area contributed by atoms with Crippen LogP contribution < -0.4 is 0 Å². The molecule has 4 aliphatic rings. The van der Waals surface area contributed by atoms with E-state index >= 15 is 0 Å². The zero-order valence-electron chi connectivity index (χ0n) is 16.0. The van der Waals surface area contributed by atoms with Crippen molar-refractivity contribution in [3.05, 3.63) is 35.9 Å². The van der Waals surface area contributed by atoms with Crippen LogP contribution in [0.2, 0.25) is 0 Å². The molecule has 0 spiro atoms. The molecule has 0 N–H and O–H groups in total. The number of benzene rings is 1. The molecule has 0 radical (unpaired) electrons. The van der Waals surface area contributed by atoms with Crippen LogP contribution in [0.5, 0.6) is 0 Å². The van der Waals surface area contributed by atoms with Crippen molar-refractivity contribution >= 4 is 0 Å². The summed E-state index contributed by atoms with van der Waals surface area (Å²) in [5.74, 6) is 0.702. The van der Waals surface area contributed by atoms with Gasteiger partial charge >= 0.3 is 0 Å². The fourth-order valence-corrected chi connectivity index (χ4v) is 4.43. The molecule has 148 valence electrons. The minimum Gasteiger partial charge on any atom is -0.368 e. The number of hydrogen-bond acceptors (Lipinski definition) is 6. The molecular weight excluding hydrogens is 348 g/mol. The first-order valence-corrected chi connectivity index (χ1v) is 10.0. The predicted octanol–water partition coefficient (Wildman–Crippen LogP) is 2.50. The fourth-order valence-electron chi connectivity index (χ4n) is 4.43. The summed E-state index contributed by atoms with van der Waals surface area (Å²) in [7, 11) is 0. The average Bonchev–Trinajstić information content (AvgIpc) is 3.37. The van der Waals surface area contributed by atoms with Gasteiger partial charge in [0.05, 0.1) is 19.3 Å². The van der Waals surface area contributed by atoms with Crippen molar-refractivity contribution in [3.8, 4) is 0 Å². The third kappa shape index (κ3) is 3.33. The summed E-state index contributed by atoms with van der Waals surface area (Å²) < 4.78 is 36.2. The number of ether oxygens (including phenoxy) is 6. The highest BCUT2D eigenvalue weighted by atomic mass is 16.8. The van der Waals surface area contributed by atoms with Crippen LogP contribution in [0.1, 0.15) is 26.3 Å². The van der Waals surface area contributed by atoms with E-state index < -0.39 is 6.29 Å². The van der Waals surface area contributed by atoms with Crippen LogP contribution in [0.3, 0.4) is 0 Å². The zero-order chi connectivity index (χ0) is 18.5. The monoisotopic (exact) mass is 376 g/mol. The lowest BCUT2D eigenvalue weighted by atomic mass is 9.84. The Bertz CT molecular complexity index is 653. The molecule has 4 aliphatic heterocycles. The second-order valence-electron chi connectivity index (χ2n) is 8.23. The molecule has 4 fully saturated rings. The van der Waals surface area contributed by atoms with Gasteiger partial charge in [0.2, 0.25) is 0 Å². The van der Waals surface area contributed by atoms with Gasteiger partial charge in [-0.25, -0.2) is 0 Å². The quantitative estimate of drug-likeness (QED) is 0.736. The Morgan fingerprint density at radius 3 is 2.56 bits per heavy atom. The first-order chi connectivity index (χ1) is 13.1. The minimum absolute atomic E-state index is 0.00482. The van der Waals surface area contributed by atoms with Gasteiger partial charge in [-0.15, -0.1) is 0 Å². The van der Waals surface area contributed by atoms with E-state index in [0.29, 0.717) is 25.0 Å². The summed E-state index contributed by atoms with van der Waals surface area (Å²) in [6.45, 7) is 7.63. The molecule has 4 saturated heterocycles. The van der Waals surface area contributed by atoms with E-state index in [4.69, 9.17) is 28.4 Å². The van der Waals surface area contributed by atoms with E-state index in [2.05, 4.69) is 32.9 Å². The minimum atomic E-state index is -0.439. The van der Waals surface area contributed by atoms with Crippen LogP contribution in [-0.2, 0) is 35.0 Å². The maximum absolute atomic E-state index is 6.43. The number of fused-ring (bicyclic) bond motifs is 4. The Labute approximate surface area is 160 Å². The molecule has 1 aromatic carbocycles. The first-order valence-electron chi connectivity index (χ1n) is 10.0. The summed E-state index contributed by atoms with van der Waals surface area (Å²) in [4.78, 5) is 0. The van der Waals surface area contributed by atoms with Crippen molar-refractivity contribution in [1.82, 2.24) is 0 Å². The Balaban J connectivity index is 1.30. The van der Waals surface area contributed by atoms with E-state index in [9.17, 15) is 0 Å². The van der Waals surface area contributed by atoms with Gasteiger partial charge in [-0.05, 0) is 24.3 Å². The maximum Gasteiger partial charge on any atom is 0.187 e. The lowest BCUT2D eigenvalue weighted by Gasteiger charge is -2.44. The number of rotatable bonds is 5. The van der Waals surface area contributed by atoms with Gasteiger partial charge in [0.1, 0.15) is 30.5 Å². The SMILES string of the molecule is CC1O[C@@H](O[C@@H]2C3CO[C@H](O3)C3O[C@@H]32)C(OCc2ccccc2)[C@@H](C)[C@@H]1C. The highest BCUT2D eigenvalue weighted by molar-refractivity contribution is 5.13. The lowest BCUT2D eigenvalue weighted by molar-refractivity contribution is -0.303. The zero-order valence-corrected chi connectivity index (χ0v) is 16.0. The topological polar surface area (TPSA) is 58.7 Å². The van der Waals surface area contributed by atoms with Crippen LogP contribution in [0, 0.1) is 11.8 Å². The molecule has 6 nitrogen and oxygen atoms in total. The average molecular weight is 376 g/mol. The summed E-state index contributed by atoms with van der Waals surface area (Å²) >= 11 is 0. The summed E-state index contributed by atoms with van der Waals surface area (Å²) in [5.41, 5.74) is 1.15. The van der Waals surface area contributed by atoms with Crippen molar-refractivity contribution in [2.45, 2.75) is 76.6 Å². The summed E-state index contributed by atoms with van der Waals surface area (Å²) in [6.07, 6.45) is -0.935. The molecule has 5 rings (SSSR count). The number of epoxide rings is 1. The fraction of sp³-hybridized carbons (Fsp3) is 0.714. The molecule has 1 aromatic rings. The standard InChI is InChI=1S/C21H28O6/c1-11-12(2)16(22-9-14-7-5-4-6-8-14)21(24-13(11)3)27-17-15-10-23-20(25-15)19-18(17)26-19/h4-8,11-13,15-21H,9-10H2,1-3H3/t11-,12-,13?,15?,16?,17+,18+,19?,20+,21-/m0/s1. The molecule has 2 bridgehead atoms. The summed E-state index contributed by atoms with van der Waals surface area (Å²) in [6, 6.07) is 10.2. The predicted molar refractivity (Wildman–Crippen MR) is 95.8 cm³/mol. The molecule has 6 heteroatoms. The molecule has 0 amide bonds. The maximum atomic E-state index is 6.43. The van der Waals surface area contributed by atoms with Gasteiger partial charge in [0, 0.05) is 0 Å². The van der Waals surface area contributed by atoms with Crippen molar-refractivity contribution in [2.24, 2.45) is 11.8 Å². The van der Waals surface area contributed by atoms with Crippen LogP contribution in [0.15, 0.2) is 30.3 Å².